The van der Waals surface area contributed by atoms with Gasteiger partial charge in [0.2, 0.25) is 5.91 Å². The van der Waals surface area contributed by atoms with Crippen molar-refractivity contribution in [2.24, 2.45) is 0 Å². The van der Waals surface area contributed by atoms with Crippen molar-refractivity contribution in [1.29, 1.82) is 0 Å². The van der Waals surface area contributed by atoms with Crippen LogP contribution >= 0.6 is 0 Å². The Hall–Kier alpha value is -2.36. The molecule has 0 aliphatic rings. The van der Waals surface area contributed by atoms with Crippen molar-refractivity contribution in [3.63, 3.8) is 0 Å². The molecule has 4 heteroatoms. The number of hydrogen-bond acceptors (Lipinski definition) is 2. The highest BCUT2D eigenvalue weighted by Crippen LogP contribution is 2.25. The van der Waals surface area contributed by atoms with Crippen LogP contribution in [-0.4, -0.2) is 19.1 Å². The van der Waals surface area contributed by atoms with Crippen LogP contribution in [0.5, 0.6) is 5.75 Å². The first-order valence-corrected chi connectivity index (χ1v) is 7.79. The monoisotopic (exact) mass is 315 g/mol. The second-order valence-electron chi connectivity index (χ2n) is 5.69. The number of amides is 1. The summed E-state index contributed by atoms with van der Waals surface area (Å²) < 4.78 is 18.6. The molecule has 0 saturated heterocycles. The number of nitrogens with one attached hydrogen (secondary N) is 1. The number of benzene rings is 2. The van der Waals surface area contributed by atoms with Crippen molar-refractivity contribution < 1.29 is 13.9 Å². The predicted molar refractivity (Wildman–Crippen MR) is 89.1 cm³/mol. The molecule has 1 amide bonds. The number of halogens is 1. The van der Waals surface area contributed by atoms with Crippen molar-refractivity contribution in [2.75, 3.05) is 13.2 Å². The van der Waals surface area contributed by atoms with E-state index in [2.05, 4.69) is 19.2 Å². The molecule has 23 heavy (non-hydrogen) atoms. The summed E-state index contributed by atoms with van der Waals surface area (Å²) in [6, 6.07) is 13.9. The first-order chi connectivity index (χ1) is 11.1. The summed E-state index contributed by atoms with van der Waals surface area (Å²) in [7, 11) is 0. The van der Waals surface area contributed by atoms with Gasteiger partial charge in [-0.15, -0.1) is 0 Å². The SMILES string of the molecule is CC(C)c1ccccc1OCCNC(=O)Cc1ccc(F)cc1. The zero-order chi connectivity index (χ0) is 16.7. The molecule has 0 heterocycles. The van der Waals surface area contributed by atoms with Gasteiger partial charge in [-0.2, -0.15) is 0 Å². The molecule has 0 aliphatic heterocycles. The molecule has 2 rings (SSSR count). The van der Waals surface area contributed by atoms with Crippen molar-refractivity contribution in [1.82, 2.24) is 5.32 Å². The smallest absolute Gasteiger partial charge is 0.224 e. The third-order valence-corrected chi connectivity index (χ3v) is 3.50. The van der Waals surface area contributed by atoms with Gasteiger partial charge >= 0.3 is 0 Å². The molecule has 1 N–H and O–H groups in total. The number of carbonyl (C=O) groups is 1. The van der Waals surface area contributed by atoms with Crippen molar-refractivity contribution in [3.05, 3.63) is 65.5 Å². The molecule has 2 aromatic rings. The Balaban J connectivity index is 1.75. The summed E-state index contributed by atoms with van der Waals surface area (Å²) in [5, 5.41) is 2.81. The Labute approximate surface area is 136 Å². The highest BCUT2D eigenvalue weighted by atomic mass is 19.1. The number of carbonyl (C=O) groups excluding carboxylic acids is 1. The van der Waals surface area contributed by atoms with Gasteiger partial charge in [-0.25, -0.2) is 4.39 Å². The Morgan fingerprint density at radius 3 is 2.52 bits per heavy atom. The first-order valence-electron chi connectivity index (χ1n) is 7.79. The predicted octanol–water partition coefficient (Wildman–Crippen LogP) is 3.69. The molecule has 0 spiro atoms. The maximum atomic E-state index is 12.8. The summed E-state index contributed by atoms with van der Waals surface area (Å²) in [5.74, 6) is 0.846. The van der Waals surface area contributed by atoms with Gasteiger partial charge in [0.1, 0.15) is 18.2 Å². The van der Waals surface area contributed by atoms with Gasteiger partial charge in [0.05, 0.1) is 13.0 Å². The fraction of sp³-hybridized carbons (Fsp3) is 0.316. The lowest BCUT2D eigenvalue weighted by molar-refractivity contribution is -0.120. The van der Waals surface area contributed by atoms with Gasteiger partial charge in [-0.3, -0.25) is 4.79 Å². The van der Waals surface area contributed by atoms with Gasteiger partial charge in [-0.05, 0) is 35.2 Å². The molecule has 3 nitrogen and oxygen atoms in total. The lowest BCUT2D eigenvalue weighted by Crippen LogP contribution is -2.29. The van der Waals surface area contributed by atoms with Gasteiger partial charge in [0, 0.05) is 0 Å². The van der Waals surface area contributed by atoms with Crippen LogP contribution in [0, 0.1) is 5.82 Å². The molecule has 0 aromatic heterocycles. The van der Waals surface area contributed by atoms with E-state index in [-0.39, 0.29) is 18.1 Å². The molecule has 0 radical (unpaired) electrons. The fourth-order valence-corrected chi connectivity index (χ4v) is 2.29. The van der Waals surface area contributed by atoms with Crippen LogP contribution in [-0.2, 0) is 11.2 Å². The Morgan fingerprint density at radius 2 is 1.83 bits per heavy atom. The molecule has 0 atom stereocenters. The number of hydrogen-bond donors (Lipinski definition) is 1. The molecule has 2 aromatic carbocycles. The van der Waals surface area contributed by atoms with Crippen LogP contribution in [0.4, 0.5) is 4.39 Å². The Kier molecular flexibility index (Phi) is 6.15. The van der Waals surface area contributed by atoms with Crippen molar-refractivity contribution in [2.45, 2.75) is 26.2 Å². The third-order valence-electron chi connectivity index (χ3n) is 3.50. The van der Waals surface area contributed by atoms with Gasteiger partial charge in [0.25, 0.3) is 0 Å². The summed E-state index contributed by atoms with van der Waals surface area (Å²) in [6.45, 7) is 5.09. The summed E-state index contributed by atoms with van der Waals surface area (Å²) in [6.07, 6.45) is 0.239. The van der Waals surface area contributed by atoms with Gasteiger partial charge in [0.15, 0.2) is 0 Å². The maximum Gasteiger partial charge on any atom is 0.224 e. The lowest BCUT2D eigenvalue weighted by atomic mass is 10.0. The van der Waals surface area contributed by atoms with Crippen LogP contribution in [0.2, 0.25) is 0 Å². The van der Waals surface area contributed by atoms with E-state index >= 15 is 0 Å². The largest absolute Gasteiger partial charge is 0.491 e. The van der Waals surface area contributed by atoms with E-state index in [4.69, 9.17) is 4.74 Å². The molecule has 0 saturated carbocycles. The Bertz CT molecular complexity index is 638. The second-order valence-corrected chi connectivity index (χ2v) is 5.69. The van der Waals surface area contributed by atoms with E-state index in [0.717, 1.165) is 16.9 Å². The van der Waals surface area contributed by atoms with Crippen LogP contribution in [0.15, 0.2) is 48.5 Å². The lowest BCUT2D eigenvalue weighted by Gasteiger charge is -2.14. The summed E-state index contributed by atoms with van der Waals surface area (Å²) in [5.41, 5.74) is 1.94. The maximum absolute atomic E-state index is 12.8. The first kappa shape index (κ1) is 17.0. The quantitative estimate of drug-likeness (QED) is 0.791. The number of ether oxygens (including phenoxy) is 1. The molecule has 122 valence electrons. The van der Waals surface area contributed by atoms with E-state index in [1.54, 1.807) is 12.1 Å². The molecular formula is C19H22FNO2. The minimum absolute atomic E-state index is 0.0997. The molecule has 0 aliphatic carbocycles. The van der Waals surface area contributed by atoms with Crippen molar-refractivity contribution >= 4 is 5.91 Å². The highest BCUT2D eigenvalue weighted by molar-refractivity contribution is 5.78. The summed E-state index contributed by atoms with van der Waals surface area (Å²) in [4.78, 5) is 11.8. The topological polar surface area (TPSA) is 38.3 Å². The van der Waals surface area contributed by atoms with E-state index in [1.807, 2.05) is 24.3 Å². The van der Waals surface area contributed by atoms with Crippen LogP contribution < -0.4 is 10.1 Å². The van der Waals surface area contributed by atoms with Gasteiger partial charge in [-0.1, -0.05) is 44.2 Å². The minimum Gasteiger partial charge on any atom is -0.491 e. The van der Waals surface area contributed by atoms with Crippen molar-refractivity contribution in [3.8, 4) is 5.75 Å². The summed E-state index contributed by atoms with van der Waals surface area (Å²) >= 11 is 0. The van der Waals surface area contributed by atoms with Crippen LogP contribution in [0.25, 0.3) is 0 Å². The highest BCUT2D eigenvalue weighted by Gasteiger charge is 2.07. The van der Waals surface area contributed by atoms with Crippen LogP contribution in [0.1, 0.15) is 30.9 Å². The average molecular weight is 315 g/mol. The normalized spacial score (nSPS) is 10.6. The molecule has 0 bridgehead atoms. The average Bonchev–Trinajstić information content (AvgIpc) is 2.54. The molecular weight excluding hydrogens is 293 g/mol. The fourth-order valence-electron chi connectivity index (χ4n) is 2.29. The number of rotatable bonds is 7. The Morgan fingerprint density at radius 1 is 1.13 bits per heavy atom. The standard InChI is InChI=1S/C19H22FNO2/c1-14(2)17-5-3-4-6-18(17)23-12-11-21-19(22)13-15-7-9-16(20)10-8-15/h3-10,14H,11-13H2,1-2H3,(H,21,22). The van der Waals surface area contributed by atoms with E-state index in [0.29, 0.717) is 19.1 Å². The van der Waals surface area contributed by atoms with Gasteiger partial charge < -0.3 is 10.1 Å². The minimum atomic E-state index is -0.300. The third kappa shape index (κ3) is 5.40. The van der Waals surface area contributed by atoms with E-state index in [1.165, 1.54) is 12.1 Å². The van der Waals surface area contributed by atoms with E-state index < -0.39 is 0 Å². The zero-order valence-corrected chi connectivity index (χ0v) is 13.5. The van der Waals surface area contributed by atoms with Crippen LogP contribution in [0.3, 0.4) is 0 Å². The second kappa shape index (κ2) is 8.32. The zero-order valence-electron chi connectivity index (χ0n) is 13.5. The van der Waals surface area contributed by atoms with E-state index in [9.17, 15) is 9.18 Å². The molecule has 0 fully saturated rings. The molecule has 0 unspecified atom stereocenters. The number of para-hydroxylation sites is 1.